The molecule has 4 heteroatoms. The van der Waals surface area contributed by atoms with Crippen molar-refractivity contribution in [1.29, 1.82) is 0 Å². The van der Waals surface area contributed by atoms with E-state index in [1.165, 1.54) is 22.2 Å². The minimum absolute atomic E-state index is 0.0600. The van der Waals surface area contributed by atoms with E-state index in [0.29, 0.717) is 17.9 Å². The molecule has 4 rings (SSSR count). The number of aryl methyl sites for hydroxylation is 1. The van der Waals surface area contributed by atoms with Crippen molar-refractivity contribution < 1.29 is 9.53 Å². The molecule has 1 aliphatic heterocycles. The van der Waals surface area contributed by atoms with Crippen molar-refractivity contribution in [2.75, 3.05) is 13.7 Å². The lowest BCUT2D eigenvalue weighted by molar-refractivity contribution is 0.0731. The third kappa shape index (κ3) is 2.26. The van der Waals surface area contributed by atoms with E-state index < -0.39 is 0 Å². The Balaban J connectivity index is 1.68. The van der Waals surface area contributed by atoms with Gasteiger partial charge in [-0.3, -0.25) is 4.79 Å². The Morgan fingerprint density at radius 1 is 1.12 bits per heavy atom. The SMILES string of the molecule is COc1cccc(C(=O)N2CCc3c(n(C)c4ccccc34)C2)c1. The van der Waals surface area contributed by atoms with Crippen LogP contribution in [0.4, 0.5) is 0 Å². The molecule has 1 aromatic heterocycles. The van der Waals surface area contributed by atoms with E-state index in [1.54, 1.807) is 13.2 Å². The Morgan fingerprint density at radius 2 is 1.96 bits per heavy atom. The standard InChI is InChI=1S/C20H20N2O2/c1-21-18-9-4-3-8-16(18)17-10-11-22(13-19(17)21)20(23)14-6-5-7-15(12-14)24-2/h3-9,12H,10-11,13H2,1-2H3. The van der Waals surface area contributed by atoms with Crippen LogP contribution in [0.25, 0.3) is 10.9 Å². The lowest BCUT2D eigenvalue weighted by Crippen LogP contribution is -2.36. The lowest BCUT2D eigenvalue weighted by atomic mass is 10.0. The Bertz CT molecular complexity index is 927. The molecule has 24 heavy (non-hydrogen) atoms. The fourth-order valence-electron chi connectivity index (χ4n) is 3.62. The van der Waals surface area contributed by atoms with Crippen LogP contribution in [0, 0.1) is 0 Å². The number of aromatic nitrogens is 1. The first-order valence-electron chi connectivity index (χ1n) is 8.17. The van der Waals surface area contributed by atoms with Crippen molar-refractivity contribution in [2.45, 2.75) is 13.0 Å². The van der Waals surface area contributed by atoms with Crippen molar-refractivity contribution in [3.05, 3.63) is 65.4 Å². The van der Waals surface area contributed by atoms with E-state index >= 15 is 0 Å². The van der Waals surface area contributed by atoms with E-state index in [-0.39, 0.29) is 5.91 Å². The maximum atomic E-state index is 12.9. The number of benzene rings is 2. The first-order chi connectivity index (χ1) is 11.7. The molecule has 1 aliphatic rings. The number of carbonyl (C=O) groups is 1. The van der Waals surface area contributed by atoms with Crippen LogP contribution >= 0.6 is 0 Å². The Morgan fingerprint density at radius 3 is 2.79 bits per heavy atom. The maximum Gasteiger partial charge on any atom is 0.254 e. The first-order valence-corrected chi connectivity index (χ1v) is 8.17. The van der Waals surface area contributed by atoms with Crippen molar-refractivity contribution in [1.82, 2.24) is 9.47 Å². The van der Waals surface area contributed by atoms with Crippen molar-refractivity contribution in [2.24, 2.45) is 7.05 Å². The molecule has 0 N–H and O–H groups in total. The van der Waals surface area contributed by atoms with Gasteiger partial charge in [-0.05, 0) is 36.2 Å². The summed E-state index contributed by atoms with van der Waals surface area (Å²) in [6, 6.07) is 15.8. The summed E-state index contributed by atoms with van der Waals surface area (Å²) in [5, 5.41) is 1.31. The molecule has 0 fully saturated rings. The van der Waals surface area contributed by atoms with E-state index in [0.717, 1.165) is 13.0 Å². The zero-order valence-corrected chi connectivity index (χ0v) is 14.0. The molecule has 0 atom stereocenters. The van der Waals surface area contributed by atoms with Gasteiger partial charge < -0.3 is 14.2 Å². The van der Waals surface area contributed by atoms with E-state index in [1.807, 2.05) is 23.1 Å². The highest BCUT2D eigenvalue weighted by Crippen LogP contribution is 2.30. The normalized spacial score (nSPS) is 13.8. The van der Waals surface area contributed by atoms with Crippen LogP contribution in [-0.4, -0.2) is 29.0 Å². The predicted octanol–water partition coefficient (Wildman–Crippen LogP) is 3.39. The monoisotopic (exact) mass is 320 g/mol. The number of hydrogen-bond acceptors (Lipinski definition) is 2. The van der Waals surface area contributed by atoms with Crippen LogP contribution < -0.4 is 4.74 Å². The quantitative estimate of drug-likeness (QED) is 0.725. The predicted molar refractivity (Wildman–Crippen MR) is 94.4 cm³/mol. The van der Waals surface area contributed by atoms with Gasteiger partial charge in [-0.2, -0.15) is 0 Å². The molecule has 0 bridgehead atoms. The van der Waals surface area contributed by atoms with Crippen LogP contribution in [0.15, 0.2) is 48.5 Å². The van der Waals surface area contributed by atoms with Gasteiger partial charge in [0.05, 0.1) is 13.7 Å². The Labute approximate surface area is 141 Å². The highest BCUT2D eigenvalue weighted by Gasteiger charge is 2.26. The Kier molecular flexibility index (Phi) is 3.53. The second kappa shape index (κ2) is 5.71. The highest BCUT2D eigenvalue weighted by molar-refractivity contribution is 5.95. The second-order valence-corrected chi connectivity index (χ2v) is 6.21. The van der Waals surface area contributed by atoms with Gasteiger partial charge in [0.15, 0.2) is 0 Å². The molecule has 122 valence electrons. The Hall–Kier alpha value is -2.75. The molecule has 0 spiro atoms. The van der Waals surface area contributed by atoms with Crippen LogP contribution in [0.5, 0.6) is 5.75 Å². The number of methoxy groups -OCH3 is 1. The third-order valence-electron chi connectivity index (χ3n) is 4.92. The average Bonchev–Trinajstić information content (AvgIpc) is 2.93. The van der Waals surface area contributed by atoms with Crippen LogP contribution in [0.3, 0.4) is 0 Å². The maximum absolute atomic E-state index is 12.9. The number of carbonyl (C=O) groups excluding carboxylic acids is 1. The van der Waals surface area contributed by atoms with Gasteiger partial charge in [-0.1, -0.05) is 24.3 Å². The number of hydrogen-bond donors (Lipinski definition) is 0. The first kappa shape index (κ1) is 14.8. The molecule has 0 saturated carbocycles. The fraction of sp³-hybridized carbons (Fsp3) is 0.250. The van der Waals surface area contributed by atoms with Gasteiger partial charge in [0.25, 0.3) is 5.91 Å². The van der Waals surface area contributed by atoms with Crippen molar-refractivity contribution >= 4 is 16.8 Å². The summed E-state index contributed by atoms with van der Waals surface area (Å²) in [6.07, 6.45) is 0.895. The van der Waals surface area contributed by atoms with Gasteiger partial charge in [0.2, 0.25) is 0 Å². The second-order valence-electron chi connectivity index (χ2n) is 6.21. The van der Waals surface area contributed by atoms with Crippen LogP contribution in [0.2, 0.25) is 0 Å². The minimum atomic E-state index is 0.0600. The number of ether oxygens (including phenoxy) is 1. The van der Waals surface area contributed by atoms with E-state index in [9.17, 15) is 4.79 Å². The number of amides is 1. The smallest absolute Gasteiger partial charge is 0.254 e. The van der Waals surface area contributed by atoms with Gasteiger partial charge >= 0.3 is 0 Å². The molecule has 1 amide bonds. The highest BCUT2D eigenvalue weighted by atomic mass is 16.5. The summed E-state index contributed by atoms with van der Waals surface area (Å²) in [5.74, 6) is 0.771. The fourth-order valence-corrected chi connectivity index (χ4v) is 3.62. The molecule has 2 aromatic carbocycles. The zero-order valence-electron chi connectivity index (χ0n) is 14.0. The molecule has 3 aromatic rings. The molecule has 0 radical (unpaired) electrons. The van der Waals surface area contributed by atoms with E-state index in [4.69, 9.17) is 4.74 Å². The van der Waals surface area contributed by atoms with Crippen LogP contribution in [0.1, 0.15) is 21.6 Å². The zero-order chi connectivity index (χ0) is 16.7. The molecular formula is C20H20N2O2. The molecule has 4 nitrogen and oxygen atoms in total. The van der Waals surface area contributed by atoms with Gasteiger partial charge in [-0.25, -0.2) is 0 Å². The van der Waals surface area contributed by atoms with Crippen LogP contribution in [-0.2, 0) is 20.0 Å². The van der Waals surface area contributed by atoms with Gasteiger partial charge in [0.1, 0.15) is 5.75 Å². The number of rotatable bonds is 2. The van der Waals surface area contributed by atoms with Crippen molar-refractivity contribution in [3.8, 4) is 5.75 Å². The molecular weight excluding hydrogens is 300 g/mol. The molecule has 0 saturated heterocycles. The summed E-state index contributed by atoms with van der Waals surface area (Å²) in [5.41, 5.74) is 4.52. The molecule has 2 heterocycles. The molecule has 0 aliphatic carbocycles. The summed E-state index contributed by atoms with van der Waals surface area (Å²) in [6.45, 7) is 1.40. The topological polar surface area (TPSA) is 34.5 Å². The molecule has 0 unspecified atom stereocenters. The van der Waals surface area contributed by atoms with Gasteiger partial charge in [-0.15, -0.1) is 0 Å². The summed E-state index contributed by atoms with van der Waals surface area (Å²) < 4.78 is 7.45. The summed E-state index contributed by atoms with van der Waals surface area (Å²) in [7, 11) is 3.70. The lowest BCUT2D eigenvalue weighted by Gasteiger charge is -2.28. The summed E-state index contributed by atoms with van der Waals surface area (Å²) >= 11 is 0. The van der Waals surface area contributed by atoms with Crippen molar-refractivity contribution in [3.63, 3.8) is 0 Å². The minimum Gasteiger partial charge on any atom is -0.497 e. The average molecular weight is 320 g/mol. The summed E-state index contributed by atoms with van der Waals surface area (Å²) in [4.78, 5) is 14.8. The number of fused-ring (bicyclic) bond motifs is 3. The number of para-hydroxylation sites is 1. The largest absolute Gasteiger partial charge is 0.497 e. The number of nitrogens with zero attached hydrogens (tertiary/aromatic N) is 2. The van der Waals surface area contributed by atoms with Gasteiger partial charge in [0, 0.05) is 35.8 Å². The third-order valence-corrected chi connectivity index (χ3v) is 4.92. The van der Waals surface area contributed by atoms with E-state index in [2.05, 4.69) is 35.9 Å².